The minimum absolute atomic E-state index is 0.0477. The van der Waals surface area contributed by atoms with E-state index in [0.717, 1.165) is 25.7 Å². The van der Waals surface area contributed by atoms with Crippen molar-refractivity contribution in [1.29, 1.82) is 0 Å². The fourth-order valence-corrected chi connectivity index (χ4v) is 2.51. The molecule has 0 spiro atoms. The average Bonchev–Trinajstić information content (AvgIpc) is 2.52. The van der Waals surface area contributed by atoms with Crippen molar-refractivity contribution in [2.24, 2.45) is 5.92 Å². The zero-order valence-electron chi connectivity index (χ0n) is 12.1. The molecule has 114 valence electrons. The topological polar surface area (TPSA) is 81.4 Å². The molecule has 3 N–H and O–H groups in total. The standard InChI is InChI=1S/C16H22N2O3/c17-14-8-6-12(7-9-14)15(19)18-10-11-21-16(20)13-4-2-1-3-5-13/h6-9,13H,1-5,10-11,17H2,(H,18,19). The number of ether oxygens (including phenoxy) is 1. The maximum Gasteiger partial charge on any atom is 0.308 e. The van der Waals surface area contributed by atoms with Gasteiger partial charge in [-0.15, -0.1) is 0 Å². The Labute approximate surface area is 124 Å². The number of carbonyl (C=O) groups is 2. The predicted molar refractivity (Wildman–Crippen MR) is 80.7 cm³/mol. The van der Waals surface area contributed by atoms with E-state index in [1.54, 1.807) is 24.3 Å². The van der Waals surface area contributed by atoms with Crippen molar-refractivity contribution in [2.45, 2.75) is 32.1 Å². The number of esters is 1. The van der Waals surface area contributed by atoms with Gasteiger partial charge in [-0.25, -0.2) is 0 Å². The Bertz CT molecular complexity index is 479. The summed E-state index contributed by atoms with van der Waals surface area (Å²) >= 11 is 0. The third-order valence-electron chi connectivity index (χ3n) is 3.74. The van der Waals surface area contributed by atoms with E-state index in [-0.39, 0.29) is 24.4 Å². The van der Waals surface area contributed by atoms with Crippen molar-refractivity contribution in [3.05, 3.63) is 29.8 Å². The Morgan fingerprint density at radius 1 is 1.14 bits per heavy atom. The lowest BCUT2D eigenvalue weighted by Gasteiger charge is -2.19. The molecule has 5 heteroatoms. The van der Waals surface area contributed by atoms with Crippen LogP contribution in [0.4, 0.5) is 5.69 Å². The monoisotopic (exact) mass is 290 g/mol. The highest BCUT2D eigenvalue weighted by atomic mass is 16.5. The molecule has 0 aromatic heterocycles. The van der Waals surface area contributed by atoms with Gasteiger partial charge in [-0.1, -0.05) is 19.3 Å². The Kier molecular flexibility index (Phi) is 5.60. The number of nitrogens with one attached hydrogen (secondary N) is 1. The molecule has 1 saturated carbocycles. The summed E-state index contributed by atoms with van der Waals surface area (Å²) in [7, 11) is 0. The van der Waals surface area contributed by atoms with E-state index < -0.39 is 0 Å². The molecule has 1 aromatic rings. The van der Waals surface area contributed by atoms with E-state index in [0.29, 0.717) is 17.8 Å². The van der Waals surface area contributed by atoms with E-state index in [1.165, 1.54) is 6.42 Å². The summed E-state index contributed by atoms with van der Waals surface area (Å²) < 4.78 is 5.21. The number of benzene rings is 1. The first kappa shape index (κ1) is 15.4. The molecule has 1 aliphatic carbocycles. The van der Waals surface area contributed by atoms with Gasteiger partial charge in [-0.3, -0.25) is 9.59 Å². The summed E-state index contributed by atoms with van der Waals surface area (Å²) in [4.78, 5) is 23.6. The van der Waals surface area contributed by atoms with Crippen molar-refractivity contribution < 1.29 is 14.3 Å². The van der Waals surface area contributed by atoms with Crippen molar-refractivity contribution in [1.82, 2.24) is 5.32 Å². The van der Waals surface area contributed by atoms with Gasteiger partial charge in [-0.05, 0) is 37.1 Å². The predicted octanol–water partition coefficient (Wildman–Crippen LogP) is 2.12. The first-order valence-electron chi connectivity index (χ1n) is 7.47. The van der Waals surface area contributed by atoms with Gasteiger partial charge >= 0.3 is 5.97 Å². The van der Waals surface area contributed by atoms with Gasteiger partial charge in [-0.2, -0.15) is 0 Å². The van der Waals surface area contributed by atoms with Crippen molar-refractivity contribution in [3.63, 3.8) is 0 Å². The molecular formula is C16H22N2O3. The van der Waals surface area contributed by atoms with Crippen LogP contribution in [0, 0.1) is 5.92 Å². The lowest BCUT2D eigenvalue weighted by Crippen LogP contribution is -2.29. The number of amides is 1. The molecule has 0 bridgehead atoms. The van der Waals surface area contributed by atoms with Gasteiger partial charge in [0.1, 0.15) is 6.61 Å². The molecule has 0 unspecified atom stereocenters. The molecule has 2 rings (SSSR count). The second kappa shape index (κ2) is 7.67. The maximum absolute atomic E-state index is 11.8. The highest BCUT2D eigenvalue weighted by Gasteiger charge is 2.22. The maximum atomic E-state index is 11.8. The zero-order chi connectivity index (χ0) is 15.1. The van der Waals surface area contributed by atoms with Crippen LogP contribution in [-0.2, 0) is 9.53 Å². The number of nitrogen functional groups attached to an aromatic ring is 1. The third kappa shape index (κ3) is 4.77. The molecule has 0 saturated heterocycles. The Hall–Kier alpha value is -2.04. The Balaban J connectivity index is 1.66. The fourth-order valence-electron chi connectivity index (χ4n) is 2.51. The molecular weight excluding hydrogens is 268 g/mol. The normalized spacial score (nSPS) is 15.4. The van der Waals surface area contributed by atoms with Crippen LogP contribution < -0.4 is 11.1 Å². The molecule has 21 heavy (non-hydrogen) atoms. The van der Waals surface area contributed by atoms with Crippen molar-refractivity contribution in [2.75, 3.05) is 18.9 Å². The van der Waals surface area contributed by atoms with Crippen LogP contribution in [0.15, 0.2) is 24.3 Å². The third-order valence-corrected chi connectivity index (χ3v) is 3.74. The Morgan fingerprint density at radius 2 is 1.81 bits per heavy atom. The van der Waals surface area contributed by atoms with E-state index in [2.05, 4.69) is 5.32 Å². The first-order valence-corrected chi connectivity index (χ1v) is 7.47. The second-order valence-electron chi connectivity index (χ2n) is 5.38. The fraction of sp³-hybridized carbons (Fsp3) is 0.500. The molecule has 1 fully saturated rings. The highest BCUT2D eigenvalue weighted by Crippen LogP contribution is 2.24. The van der Waals surface area contributed by atoms with E-state index >= 15 is 0 Å². The molecule has 1 amide bonds. The largest absolute Gasteiger partial charge is 0.464 e. The van der Waals surface area contributed by atoms with Crippen LogP contribution in [0.25, 0.3) is 0 Å². The summed E-state index contributed by atoms with van der Waals surface area (Å²) in [6, 6.07) is 6.69. The highest BCUT2D eigenvalue weighted by molar-refractivity contribution is 5.94. The molecule has 0 atom stereocenters. The number of carbonyl (C=O) groups excluding carboxylic acids is 2. The van der Waals surface area contributed by atoms with Crippen LogP contribution in [0.1, 0.15) is 42.5 Å². The lowest BCUT2D eigenvalue weighted by molar-refractivity contribution is -0.149. The SMILES string of the molecule is Nc1ccc(C(=O)NCCOC(=O)C2CCCCC2)cc1. The van der Waals surface area contributed by atoms with Gasteiger partial charge in [0.05, 0.1) is 12.5 Å². The van der Waals surface area contributed by atoms with Gasteiger partial charge in [0, 0.05) is 11.3 Å². The summed E-state index contributed by atoms with van der Waals surface area (Å²) in [6.45, 7) is 0.539. The van der Waals surface area contributed by atoms with Gasteiger partial charge in [0.2, 0.25) is 0 Å². The minimum atomic E-state index is -0.191. The number of hydrogen-bond acceptors (Lipinski definition) is 4. The number of rotatable bonds is 5. The molecule has 5 nitrogen and oxygen atoms in total. The Morgan fingerprint density at radius 3 is 2.48 bits per heavy atom. The molecule has 1 aromatic carbocycles. The summed E-state index contributed by atoms with van der Waals surface area (Å²) in [5.74, 6) is -0.272. The van der Waals surface area contributed by atoms with E-state index in [1.807, 2.05) is 0 Å². The first-order chi connectivity index (χ1) is 10.2. The van der Waals surface area contributed by atoms with Gasteiger partial charge in [0.15, 0.2) is 0 Å². The smallest absolute Gasteiger partial charge is 0.308 e. The van der Waals surface area contributed by atoms with Gasteiger partial charge in [0.25, 0.3) is 5.91 Å². The van der Waals surface area contributed by atoms with E-state index in [9.17, 15) is 9.59 Å². The minimum Gasteiger partial charge on any atom is -0.464 e. The van der Waals surface area contributed by atoms with Crippen LogP contribution in [0.5, 0.6) is 0 Å². The molecule has 0 heterocycles. The van der Waals surface area contributed by atoms with Crippen molar-refractivity contribution >= 4 is 17.6 Å². The van der Waals surface area contributed by atoms with Crippen LogP contribution >= 0.6 is 0 Å². The van der Waals surface area contributed by atoms with E-state index in [4.69, 9.17) is 10.5 Å². The molecule has 0 radical (unpaired) electrons. The van der Waals surface area contributed by atoms with Crippen LogP contribution in [0.2, 0.25) is 0 Å². The molecule has 1 aliphatic rings. The molecule has 0 aliphatic heterocycles. The van der Waals surface area contributed by atoms with Gasteiger partial charge < -0.3 is 15.8 Å². The summed E-state index contributed by atoms with van der Waals surface area (Å²) in [5.41, 5.74) is 6.73. The van der Waals surface area contributed by atoms with Crippen LogP contribution in [-0.4, -0.2) is 25.0 Å². The quantitative estimate of drug-likeness (QED) is 0.494. The zero-order valence-corrected chi connectivity index (χ0v) is 12.1. The average molecular weight is 290 g/mol. The number of anilines is 1. The second-order valence-corrected chi connectivity index (χ2v) is 5.38. The van der Waals surface area contributed by atoms with Crippen molar-refractivity contribution in [3.8, 4) is 0 Å². The van der Waals surface area contributed by atoms with Crippen LogP contribution in [0.3, 0.4) is 0 Å². The summed E-state index contributed by atoms with van der Waals surface area (Å²) in [6.07, 6.45) is 5.27. The summed E-state index contributed by atoms with van der Waals surface area (Å²) in [5, 5.41) is 2.72. The lowest BCUT2D eigenvalue weighted by atomic mass is 9.89. The number of nitrogens with two attached hydrogens (primary N) is 1. The number of hydrogen-bond donors (Lipinski definition) is 2.